The molecule has 0 aliphatic rings. The number of para-hydroxylation sites is 2. The van der Waals surface area contributed by atoms with Gasteiger partial charge in [0.2, 0.25) is 0 Å². The Balaban J connectivity index is 1.59. The lowest BCUT2D eigenvalue weighted by molar-refractivity contribution is 0.741. The standard InChI is InChI=1S/C27H20ClN5O/c1-17-6-8-19(9-7-17)15-33-25-23(24-26(33)31-22-5-3-2-4-21(22)30-24)27(34)32(16-29-25)14-18-10-12-20(28)13-11-18/h2-13,16H,14-15H2,1H3. The SMILES string of the molecule is Cc1ccc(Cn2c3nc4ccccc4nc3c3c(=O)n(Cc4ccc(Cl)cc4)cnc32)cc1. The fraction of sp³-hybridized carbons (Fsp3) is 0.111. The monoisotopic (exact) mass is 465 g/mol. The number of hydrogen-bond donors (Lipinski definition) is 0. The van der Waals surface area contributed by atoms with Crippen LogP contribution in [0.5, 0.6) is 0 Å². The maximum absolute atomic E-state index is 13.7. The highest BCUT2D eigenvalue weighted by atomic mass is 35.5. The topological polar surface area (TPSA) is 65.6 Å². The van der Waals surface area contributed by atoms with Crippen molar-refractivity contribution in [2.45, 2.75) is 20.0 Å². The molecule has 34 heavy (non-hydrogen) atoms. The Hall–Kier alpha value is -4.03. The van der Waals surface area contributed by atoms with Gasteiger partial charge in [0.25, 0.3) is 5.56 Å². The molecule has 7 heteroatoms. The van der Waals surface area contributed by atoms with E-state index >= 15 is 0 Å². The highest BCUT2D eigenvalue weighted by Gasteiger charge is 2.20. The van der Waals surface area contributed by atoms with Gasteiger partial charge in [0.15, 0.2) is 11.3 Å². The summed E-state index contributed by atoms with van der Waals surface area (Å²) in [5.74, 6) is 0. The molecule has 0 radical (unpaired) electrons. The summed E-state index contributed by atoms with van der Waals surface area (Å²) in [7, 11) is 0. The van der Waals surface area contributed by atoms with E-state index in [0.29, 0.717) is 40.3 Å². The van der Waals surface area contributed by atoms with Crippen LogP contribution in [0, 0.1) is 6.92 Å². The summed E-state index contributed by atoms with van der Waals surface area (Å²) < 4.78 is 3.60. The van der Waals surface area contributed by atoms with Crippen molar-refractivity contribution in [1.29, 1.82) is 0 Å². The molecule has 6 aromatic rings. The molecule has 0 amide bonds. The Labute approximate surface area is 200 Å². The molecule has 6 rings (SSSR count). The Kier molecular flexibility index (Phi) is 4.89. The van der Waals surface area contributed by atoms with Crippen molar-refractivity contribution >= 4 is 44.8 Å². The first-order chi connectivity index (χ1) is 16.6. The fourth-order valence-electron chi connectivity index (χ4n) is 4.26. The van der Waals surface area contributed by atoms with Gasteiger partial charge in [-0.05, 0) is 42.3 Å². The molecular weight excluding hydrogens is 446 g/mol. The van der Waals surface area contributed by atoms with Crippen molar-refractivity contribution in [2.24, 2.45) is 0 Å². The van der Waals surface area contributed by atoms with Gasteiger partial charge >= 0.3 is 0 Å². The lowest BCUT2D eigenvalue weighted by Crippen LogP contribution is -2.21. The Morgan fingerprint density at radius 3 is 2.18 bits per heavy atom. The summed E-state index contributed by atoms with van der Waals surface area (Å²) in [6, 6.07) is 23.5. The highest BCUT2D eigenvalue weighted by molar-refractivity contribution is 6.30. The molecule has 166 valence electrons. The molecule has 3 heterocycles. The molecule has 0 atom stereocenters. The van der Waals surface area contributed by atoms with Gasteiger partial charge in [-0.25, -0.2) is 15.0 Å². The molecule has 0 aliphatic heterocycles. The zero-order valence-electron chi connectivity index (χ0n) is 18.4. The van der Waals surface area contributed by atoms with Crippen molar-refractivity contribution in [2.75, 3.05) is 0 Å². The van der Waals surface area contributed by atoms with Crippen molar-refractivity contribution < 1.29 is 0 Å². The van der Waals surface area contributed by atoms with Crippen LogP contribution in [0.1, 0.15) is 16.7 Å². The molecule has 0 spiro atoms. The number of aryl methyl sites for hydroxylation is 1. The largest absolute Gasteiger partial charge is 0.304 e. The maximum atomic E-state index is 13.7. The van der Waals surface area contributed by atoms with Crippen LogP contribution >= 0.6 is 11.6 Å². The number of hydrogen-bond acceptors (Lipinski definition) is 4. The molecule has 0 fully saturated rings. The van der Waals surface area contributed by atoms with E-state index in [0.717, 1.165) is 22.2 Å². The third kappa shape index (κ3) is 3.53. The van der Waals surface area contributed by atoms with Crippen LogP contribution in [0.2, 0.25) is 5.02 Å². The first-order valence-electron chi connectivity index (χ1n) is 11.0. The zero-order valence-corrected chi connectivity index (χ0v) is 19.2. The van der Waals surface area contributed by atoms with Crippen LogP contribution in [0.25, 0.3) is 33.2 Å². The molecule has 0 saturated carbocycles. The predicted molar refractivity (Wildman–Crippen MR) is 135 cm³/mol. The van der Waals surface area contributed by atoms with Crippen LogP contribution in [0.3, 0.4) is 0 Å². The van der Waals surface area contributed by atoms with Gasteiger partial charge in [0, 0.05) is 5.02 Å². The van der Waals surface area contributed by atoms with Crippen LogP contribution in [0.4, 0.5) is 0 Å². The Morgan fingerprint density at radius 1 is 0.794 bits per heavy atom. The summed E-state index contributed by atoms with van der Waals surface area (Å²) in [5.41, 5.74) is 6.47. The number of halogens is 1. The summed E-state index contributed by atoms with van der Waals surface area (Å²) >= 11 is 6.02. The average molecular weight is 466 g/mol. The number of aromatic nitrogens is 5. The van der Waals surface area contributed by atoms with Gasteiger partial charge in [-0.3, -0.25) is 9.36 Å². The van der Waals surface area contributed by atoms with Gasteiger partial charge in [-0.2, -0.15) is 0 Å². The first-order valence-corrected chi connectivity index (χ1v) is 11.4. The smallest absolute Gasteiger partial charge is 0.265 e. The Morgan fingerprint density at radius 2 is 1.44 bits per heavy atom. The molecule has 0 aliphatic carbocycles. The molecule has 3 aromatic carbocycles. The van der Waals surface area contributed by atoms with E-state index in [1.807, 2.05) is 53.1 Å². The minimum atomic E-state index is -0.141. The van der Waals surface area contributed by atoms with Gasteiger partial charge in [-0.15, -0.1) is 0 Å². The number of fused-ring (bicyclic) bond motifs is 4. The van der Waals surface area contributed by atoms with E-state index in [1.165, 1.54) is 5.56 Å². The lowest BCUT2D eigenvalue weighted by atomic mass is 10.1. The van der Waals surface area contributed by atoms with Crippen molar-refractivity contribution in [3.05, 3.63) is 111 Å². The third-order valence-corrected chi connectivity index (χ3v) is 6.30. The van der Waals surface area contributed by atoms with Crippen LogP contribution in [-0.2, 0) is 13.1 Å². The summed E-state index contributed by atoms with van der Waals surface area (Å²) in [5, 5.41) is 1.14. The minimum Gasteiger partial charge on any atom is -0.304 e. The second kappa shape index (κ2) is 8.08. The average Bonchev–Trinajstić information content (AvgIpc) is 3.15. The van der Waals surface area contributed by atoms with Crippen LogP contribution in [0.15, 0.2) is 83.9 Å². The third-order valence-electron chi connectivity index (χ3n) is 6.05. The summed E-state index contributed by atoms with van der Waals surface area (Å²) in [4.78, 5) is 28.1. The first kappa shape index (κ1) is 20.6. The second-order valence-electron chi connectivity index (χ2n) is 8.46. The quantitative estimate of drug-likeness (QED) is 0.352. The molecule has 0 unspecified atom stereocenters. The maximum Gasteiger partial charge on any atom is 0.265 e. The van der Waals surface area contributed by atoms with Crippen molar-refractivity contribution in [3.63, 3.8) is 0 Å². The minimum absolute atomic E-state index is 0.141. The molecule has 0 bridgehead atoms. The Bertz CT molecular complexity index is 1730. The molecule has 0 saturated heterocycles. The molecule has 0 N–H and O–H groups in total. The normalized spacial score (nSPS) is 11.6. The number of nitrogens with zero attached hydrogens (tertiary/aromatic N) is 5. The van der Waals surface area contributed by atoms with E-state index in [1.54, 1.807) is 10.9 Å². The van der Waals surface area contributed by atoms with Gasteiger partial charge < -0.3 is 4.57 Å². The van der Waals surface area contributed by atoms with Gasteiger partial charge in [0.05, 0.1) is 24.1 Å². The van der Waals surface area contributed by atoms with E-state index in [2.05, 4.69) is 31.2 Å². The number of rotatable bonds is 4. The molecule has 3 aromatic heterocycles. The van der Waals surface area contributed by atoms with E-state index in [9.17, 15) is 4.79 Å². The van der Waals surface area contributed by atoms with Crippen molar-refractivity contribution in [3.8, 4) is 0 Å². The van der Waals surface area contributed by atoms with Crippen LogP contribution in [-0.4, -0.2) is 24.1 Å². The van der Waals surface area contributed by atoms with E-state index < -0.39 is 0 Å². The van der Waals surface area contributed by atoms with Gasteiger partial charge in [0.1, 0.15) is 17.2 Å². The highest BCUT2D eigenvalue weighted by Crippen LogP contribution is 2.26. The molecule has 6 nitrogen and oxygen atoms in total. The number of benzene rings is 3. The van der Waals surface area contributed by atoms with Crippen LogP contribution < -0.4 is 5.56 Å². The molecular formula is C27H20ClN5O. The summed E-state index contributed by atoms with van der Waals surface area (Å²) in [6.07, 6.45) is 1.60. The van der Waals surface area contributed by atoms with Gasteiger partial charge in [-0.1, -0.05) is 65.7 Å². The van der Waals surface area contributed by atoms with E-state index in [4.69, 9.17) is 26.6 Å². The lowest BCUT2D eigenvalue weighted by Gasteiger charge is -2.08. The summed E-state index contributed by atoms with van der Waals surface area (Å²) in [6.45, 7) is 3.00. The predicted octanol–water partition coefficient (Wildman–Crippen LogP) is 5.35. The van der Waals surface area contributed by atoms with Crippen molar-refractivity contribution in [1.82, 2.24) is 24.1 Å². The van der Waals surface area contributed by atoms with E-state index in [-0.39, 0.29) is 5.56 Å². The zero-order chi connectivity index (χ0) is 23.2. The fourth-order valence-corrected chi connectivity index (χ4v) is 4.39. The second-order valence-corrected chi connectivity index (χ2v) is 8.90.